The number of nitrogens with one attached hydrogen (secondary N) is 1. The van der Waals surface area contributed by atoms with Crippen LogP contribution in [0.4, 0.5) is 0 Å². The predicted molar refractivity (Wildman–Crippen MR) is 122 cm³/mol. The third-order valence-corrected chi connectivity index (χ3v) is 6.04. The molecule has 2 rings (SSSR count). The molecule has 2 amide bonds. The number of rotatable bonds is 9. The number of thioether (sulfide) groups is 1. The molecule has 29 heavy (non-hydrogen) atoms. The van der Waals surface area contributed by atoms with Crippen molar-refractivity contribution in [1.82, 2.24) is 10.2 Å². The van der Waals surface area contributed by atoms with Gasteiger partial charge in [-0.05, 0) is 50.1 Å². The summed E-state index contributed by atoms with van der Waals surface area (Å²) in [6.07, 6.45) is 0.832. The van der Waals surface area contributed by atoms with Crippen molar-refractivity contribution in [3.05, 3.63) is 63.6 Å². The lowest BCUT2D eigenvalue weighted by atomic mass is 10.1. The monoisotopic (exact) mass is 452 g/mol. The second-order valence-corrected chi connectivity index (χ2v) is 8.72. The number of carbonyl (C=O) groups excluding carboxylic acids is 2. The largest absolute Gasteiger partial charge is 0.354 e. The maximum atomic E-state index is 13.0. The Balaban J connectivity index is 2.16. The minimum atomic E-state index is -0.612. The SMILES string of the molecule is CCCNC(=O)[C@@H](C)N(Cc1ccc(Cl)cc1Cl)C(=O)CSc1ccc(C)cc1. The zero-order valence-electron chi connectivity index (χ0n) is 16.9. The van der Waals surface area contributed by atoms with Gasteiger partial charge in [0.05, 0.1) is 5.75 Å². The summed E-state index contributed by atoms with van der Waals surface area (Å²) in [5.41, 5.74) is 1.92. The summed E-state index contributed by atoms with van der Waals surface area (Å²) in [5, 5.41) is 3.87. The Hall–Kier alpha value is -1.69. The van der Waals surface area contributed by atoms with Crippen LogP contribution in [0.5, 0.6) is 0 Å². The number of carbonyl (C=O) groups is 2. The summed E-state index contributed by atoms with van der Waals surface area (Å²) in [6, 6.07) is 12.6. The van der Waals surface area contributed by atoms with E-state index in [-0.39, 0.29) is 24.1 Å². The van der Waals surface area contributed by atoms with Crippen LogP contribution < -0.4 is 5.32 Å². The van der Waals surface area contributed by atoms with E-state index in [2.05, 4.69) is 5.32 Å². The Kier molecular flexibility index (Phi) is 9.34. The summed E-state index contributed by atoms with van der Waals surface area (Å²) in [4.78, 5) is 28.1. The van der Waals surface area contributed by atoms with Crippen molar-refractivity contribution in [3.63, 3.8) is 0 Å². The summed E-state index contributed by atoms with van der Waals surface area (Å²) in [6.45, 7) is 6.56. The Bertz CT molecular complexity index is 843. The second-order valence-electron chi connectivity index (χ2n) is 6.83. The Labute approximate surface area is 187 Å². The van der Waals surface area contributed by atoms with Gasteiger partial charge in [-0.25, -0.2) is 0 Å². The fourth-order valence-corrected chi connectivity index (χ4v) is 3.93. The van der Waals surface area contributed by atoms with Gasteiger partial charge in [0.15, 0.2) is 0 Å². The van der Waals surface area contributed by atoms with E-state index in [1.54, 1.807) is 30.0 Å². The molecule has 0 aliphatic carbocycles. The van der Waals surface area contributed by atoms with E-state index < -0.39 is 6.04 Å². The number of hydrogen-bond acceptors (Lipinski definition) is 3. The van der Waals surface area contributed by atoms with E-state index in [1.165, 1.54) is 17.3 Å². The fraction of sp³-hybridized carbons (Fsp3) is 0.364. The van der Waals surface area contributed by atoms with E-state index in [0.29, 0.717) is 16.6 Å². The fourth-order valence-electron chi connectivity index (χ4n) is 2.67. The van der Waals surface area contributed by atoms with Crippen LogP contribution in [0, 0.1) is 6.92 Å². The van der Waals surface area contributed by atoms with Crippen molar-refractivity contribution >= 4 is 46.8 Å². The number of halogens is 2. The lowest BCUT2D eigenvalue weighted by Gasteiger charge is -2.29. The molecule has 156 valence electrons. The highest BCUT2D eigenvalue weighted by atomic mass is 35.5. The maximum absolute atomic E-state index is 13.0. The summed E-state index contributed by atoms with van der Waals surface area (Å²) in [7, 11) is 0. The van der Waals surface area contributed by atoms with Gasteiger partial charge < -0.3 is 10.2 Å². The molecular formula is C22H26Cl2N2O2S. The van der Waals surface area contributed by atoms with Crippen molar-refractivity contribution in [3.8, 4) is 0 Å². The van der Waals surface area contributed by atoms with E-state index in [0.717, 1.165) is 16.9 Å². The first-order valence-corrected chi connectivity index (χ1v) is 11.3. The van der Waals surface area contributed by atoms with Gasteiger partial charge in [-0.1, -0.05) is 53.9 Å². The van der Waals surface area contributed by atoms with Gasteiger partial charge in [-0.15, -0.1) is 11.8 Å². The van der Waals surface area contributed by atoms with Gasteiger partial charge in [-0.2, -0.15) is 0 Å². The molecule has 0 fully saturated rings. The highest BCUT2D eigenvalue weighted by Crippen LogP contribution is 2.24. The van der Waals surface area contributed by atoms with Crippen molar-refractivity contribution in [2.45, 2.75) is 44.7 Å². The van der Waals surface area contributed by atoms with Gasteiger partial charge in [-0.3, -0.25) is 9.59 Å². The molecular weight excluding hydrogens is 427 g/mol. The molecule has 0 bridgehead atoms. The minimum Gasteiger partial charge on any atom is -0.354 e. The first-order valence-electron chi connectivity index (χ1n) is 9.52. The van der Waals surface area contributed by atoms with Crippen molar-refractivity contribution in [2.24, 2.45) is 0 Å². The number of aryl methyl sites for hydroxylation is 1. The summed E-state index contributed by atoms with van der Waals surface area (Å²) >= 11 is 13.7. The molecule has 0 aliphatic heterocycles. The smallest absolute Gasteiger partial charge is 0.242 e. The first kappa shape index (κ1) is 23.6. The molecule has 0 spiro atoms. The average Bonchev–Trinajstić information content (AvgIpc) is 2.70. The molecule has 7 heteroatoms. The average molecular weight is 453 g/mol. The van der Waals surface area contributed by atoms with E-state index in [1.807, 2.05) is 38.1 Å². The van der Waals surface area contributed by atoms with Crippen LogP contribution >= 0.6 is 35.0 Å². The van der Waals surface area contributed by atoms with Gasteiger partial charge in [0, 0.05) is 28.0 Å². The highest BCUT2D eigenvalue weighted by molar-refractivity contribution is 8.00. The molecule has 2 aromatic rings. The normalized spacial score (nSPS) is 11.8. The summed E-state index contributed by atoms with van der Waals surface area (Å²) in [5.74, 6) is -0.0639. The standard InChI is InChI=1S/C22H26Cl2N2O2S/c1-4-11-25-22(28)16(3)26(13-17-7-8-18(23)12-20(17)24)21(27)14-29-19-9-5-15(2)6-10-19/h5-10,12,16H,4,11,13-14H2,1-3H3,(H,25,28)/t16-/m1/s1. The lowest BCUT2D eigenvalue weighted by molar-refractivity contribution is -0.138. The zero-order valence-corrected chi connectivity index (χ0v) is 19.2. The Morgan fingerprint density at radius 1 is 1.14 bits per heavy atom. The molecule has 0 unspecified atom stereocenters. The van der Waals surface area contributed by atoms with Crippen LogP contribution in [0.1, 0.15) is 31.4 Å². The van der Waals surface area contributed by atoms with Crippen molar-refractivity contribution in [1.29, 1.82) is 0 Å². The van der Waals surface area contributed by atoms with Crippen LogP contribution in [0.3, 0.4) is 0 Å². The molecule has 1 N–H and O–H groups in total. The highest BCUT2D eigenvalue weighted by Gasteiger charge is 2.26. The third kappa shape index (κ3) is 7.25. The third-order valence-electron chi connectivity index (χ3n) is 4.46. The molecule has 0 saturated carbocycles. The lowest BCUT2D eigenvalue weighted by Crippen LogP contribution is -2.48. The van der Waals surface area contributed by atoms with Gasteiger partial charge in [0.25, 0.3) is 0 Å². The molecule has 4 nitrogen and oxygen atoms in total. The predicted octanol–water partition coefficient (Wildman–Crippen LogP) is 5.34. The van der Waals surface area contributed by atoms with E-state index >= 15 is 0 Å². The van der Waals surface area contributed by atoms with Crippen molar-refractivity contribution in [2.75, 3.05) is 12.3 Å². The number of benzene rings is 2. The Morgan fingerprint density at radius 2 is 1.83 bits per heavy atom. The van der Waals surface area contributed by atoms with E-state index in [9.17, 15) is 9.59 Å². The quantitative estimate of drug-likeness (QED) is 0.522. The van der Waals surface area contributed by atoms with Crippen LogP contribution in [0.25, 0.3) is 0 Å². The van der Waals surface area contributed by atoms with Gasteiger partial charge in [0.2, 0.25) is 11.8 Å². The van der Waals surface area contributed by atoms with Gasteiger partial charge >= 0.3 is 0 Å². The first-order chi connectivity index (χ1) is 13.8. The Morgan fingerprint density at radius 3 is 2.45 bits per heavy atom. The maximum Gasteiger partial charge on any atom is 0.242 e. The van der Waals surface area contributed by atoms with E-state index in [4.69, 9.17) is 23.2 Å². The summed E-state index contributed by atoms with van der Waals surface area (Å²) < 4.78 is 0. The number of amides is 2. The second kappa shape index (κ2) is 11.5. The number of hydrogen-bond donors (Lipinski definition) is 1. The van der Waals surface area contributed by atoms with Crippen molar-refractivity contribution < 1.29 is 9.59 Å². The molecule has 0 radical (unpaired) electrons. The molecule has 2 aromatic carbocycles. The number of nitrogens with zero attached hydrogens (tertiary/aromatic N) is 1. The van der Waals surface area contributed by atoms with Crippen LogP contribution in [0.15, 0.2) is 47.4 Å². The van der Waals surface area contributed by atoms with Gasteiger partial charge in [0.1, 0.15) is 6.04 Å². The molecule has 0 aliphatic rings. The zero-order chi connectivity index (χ0) is 21.4. The molecule has 0 aromatic heterocycles. The molecule has 0 saturated heterocycles. The van der Waals surface area contributed by atoms with Crippen LogP contribution in [-0.4, -0.2) is 35.1 Å². The molecule has 0 heterocycles. The molecule has 1 atom stereocenters. The topological polar surface area (TPSA) is 49.4 Å². The van der Waals surface area contributed by atoms with Crippen LogP contribution in [0.2, 0.25) is 10.0 Å². The minimum absolute atomic E-state index is 0.124. The van der Waals surface area contributed by atoms with Crippen LogP contribution in [-0.2, 0) is 16.1 Å².